The van der Waals surface area contributed by atoms with Gasteiger partial charge in [-0.1, -0.05) is 12.8 Å². The van der Waals surface area contributed by atoms with E-state index in [0.29, 0.717) is 34.9 Å². The summed E-state index contributed by atoms with van der Waals surface area (Å²) in [7, 11) is 0. The predicted molar refractivity (Wildman–Crippen MR) is 109 cm³/mol. The maximum Gasteiger partial charge on any atom is 0.303 e. The standard InChI is InChI=1S/C23H25FN2O3/c1-14-10-15(12-25-23(14)16-4-2-3-5-16)13-29-17-6-7-19-18(11-17)22(24)20(26-19)8-9-21(27)28/h6-7,10-12,16,26H,2-5,8-9,13H2,1H3,(H,27,28). The number of rotatable bonds is 7. The maximum absolute atomic E-state index is 14.6. The normalized spacial score (nSPS) is 14.6. The van der Waals surface area contributed by atoms with Crippen molar-refractivity contribution in [1.29, 1.82) is 0 Å². The first-order chi connectivity index (χ1) is 14.0. The molecule has 5 nitrogen and oxygen atoms in total. The van der Waals surface area contributed by atoms with E-state index in [2.05, 4.69) is 23.0 Å². The third-order valence-corrected chi connectivity index (χ3v) is 5.69. The van der Waals surface area contributed by atoms with E-state index in [-0.39, 0.29) is 12.8 Å². The molecule has 6 heteroatoms. The first-order valence-electron chi connectivity index (χ1n) is 10.1. The number of carbonyl (C=O) groups is 1. The van der Waals surface area contributed by atoms with Crippen molar-refractivity contribution in [2.24, 2.45) is 0 Å². The predicted octanol–water partition coefficient (Wildman–Crippen LogP) is 5.26. The number of ether oxygens (including phenoxy) is 1. The highest BCUT2D eigenvalue weighted by atomic mass is 19.1. The van der Waals surface area contributed by atoms with Gasteiger partial charge < -0.3 is 14.8 Å². The van der Waals surface area contributed by atoms with Crippen molar-refractivity contribution >= 4 is 16.9 Å². The highest BCUT2D eigenvalue weighted by Gasteiger charge is 2.20. The fraction of sp³-hybridized carbons (Fsp3) is 0.391. The molecule has 0 atom stereocenters. The zero-order valence-corrected chi connectivity index (χ0v) is 16.5. The monoisotopic (exact) mass is 396 g/mol. The first kappa shape index (κ1) is 19.4. The molecule has 2 aromatic heterocycles. The molecule has 3 aromatic rings. The lowest BCUT2D eigenvalue weighted by Gasteiger charge is -2.13. The summed E-state index contributed by atoms with van der Waals surface area (Å²) in [6.07, 6.45) is 6.90. The number of pyridine rings is 1. The number of aryl methyl sites for hydroxylation is 2. The number of benzene rings is 1. The largest absolute Gasteiger partial charge is 0.489 e. The van der Waals surface area contributed by atoms with E-state index < -0.39 is 11.8 Å². The molecule has 1 aliphatic rings. The molecule has 0 amide bonds. The van der Waals surface area contributed by atoms with Gasteiger partial charge in [0.1, 0.15) is 12.4 Å². The summed E-state index contributed by atoms with van der Waals surface area (Å²) < 4.78 is 20.4. The number of nitrogens with one attached hydrogen (secondary N) is 1. The Morgan fingerprint density at radius 1 is 1.31 bits per heavy atom. The van der Waals surface area contributed by atoms with E-state index in [1.54, 1.807) is 18.2 Å². The average Bonchev–Trinajstić information content (AvgIpc) is 3.33. The average molecular weight is 396 g/mol. The van der Waals surface area contributed by atoms with Crippen LogP contribution in [0, 0.1) is 12.7 Å². The summed E-state index contributed by atoms with van der Waals surface area (Å²) in [6.45, 7) is 2.46. The fourth-order valence-corrected chi connectivity index (χ4v) is 4.20. The van der Waals surface area contributed by atoms with Crippen LogP contribution >= 0.6 is 0 Å². The molecule has 0 unspecified atom stereocenters. The molecule has 0 spiro atoms. The molecule has 1 fully saturated rings. The summed E-state index contributed by atoms with van der Waals surface area (Å²) in [6, 6.07) is 7.32. The van der Waals surface area contributed by atoms with E-state index in [1.807, 2.05) is 6.20 Å². The summed E-state index contributed by atoms with van der Waals surface area (Å²) in [5, 5.41) is 9.21. The van der Waals surface area contributed by atoms with Gasteiger partial charge in [-0.2, -0.15) is 0 Å². The highest BCUT2D eigenvalue weighted by molar-refractivity contribution is 5.83. The number of aromatic nitrogens is 2. The SMILES string of the molecule is Cc1cc(COc2ccc3[nH]c(CCC(=O)O)c(F)c3c2)cnc1C1CCCC1. The Morgan fingerprint density at radius 2 is 2.10 bits per heavy atom. The van der Waals surface area contributed by atoms with Crippen LogP contribution in [0.15, 0.2) is 30.5 Å². The van der Waals surface area contributed by atoms with E-state index in [0.717, 1.165) is 5.56 Å². The number of carboxylic acid groups (broad SMARTS) is 1. The van der Waals surface area contributed by atoms with Crippen molar-refractivity contribution in [2.45, 2.75) is 58.0 Å². The van der Waals surface area contributed by atoms with Crippen molar-refractivity contribution < 1.29 is 19.0 Å². The topological polar surface area (TPSA) is 75.2 Å². The summed E-state index contributed by atoms with van der Waals surface area (Å²) in [4.78, 5) is 18.4. The van der Waals surface area contributed by atoms with Gasteiger partial charge in [-0.25, -0.2) is 4.39 Å². The number of hydrogen-bond acceptors (Lipinski definition) is 3. The van der Waals surface area contributed by atoms with Gasteiger partial charge in [0.15, 0.2) is 5.82 Å². The quantitative estimate of drug-likeness (QED) is 0.571. The Kier molecular flexibility index (Phi) is 5.51. The minimum absolute atomic E-state index is 0.115. The zero-order chi connectivity index (χ0) is 20.4. The molecule has 4 rings (SSSR count). The van der Waals surface area contributed by atoms with Crippen LogP contribution in [0.2, 0.25) is 0 Å². The molecule has 29 heavy (non-hydrogen) atoms. The van der Waals surface area contributed by atoms with Crippen molar-refractivity contribution in [1.82, 2.24) is 9.97 Å². The van der Waals surface area contributed by atoms with Gasteiger partial charge in [-0.15, -0.1) is 0 Å². The molecule has 2 heterocycles. The Morgan fingerprint density at radius 3 is 2.83 bits per heavy atom. The molecule has 1 saturated carbocycles. The van der Waals surface area contributed by atoms with Crippen LogP contribution in [0.1, 0.15) is 60.5 Å². The number of fused-ring (bicyclic) bond motifs is 1. The Labute approximate surface area is 168 Å². The molecule has 1 aromatic carbocycles. The van der Waals surface area contributed by atoms with Crippen LogP contribution in [-0.4, -0.2) is 21.0 Å². The zero-order valence-electron chi connectivity index (χ0n) is 16.5. The molecule has 0 radical (unpaired) electrons. The van der Waals surface area contributed by atoms with Crippen LogP contribution < -0.4 is 4.74 Å². The molecule has 152 valence electrons. The van der Waals surface area contributed by atoms with E-state index in [1.165, 1.54) is 36.9 Å². The van der Waals surface area contributed by atoms with Gasteiger partial charge >= 0.3 is 5.97 Å². The molecule has 0 saturated heterocycles. The molecule has 0 aliphatic heterocycles. The van der Waals surface area contributed by atoms with Crippen molar-refractivity contribution in [3.63, 3.8) is 0 Å². The van der Waals surface area contributed by atoms with Crippen LogP contribution in [0.5, 0.6) is 5.75 Å². The molecule has 1 aliphatic carbocycles. The summed E-state index contributed by atoms with van der Waals surface area (Å²) in [5.74, 6) is -0.211. The summed E-state index contributed by atoms with van der Waals surface area (Å²) in [5.41, 5.74) is 4.33. The van der Waals surface area contributed by atoms with Gasteiger partial charge in [-0.05, 0) is 49.6 Å². The van der Waals surface area contributed by atoms with Gasteiger partial charge in [0, 0.05) is 40.7 Å². The lowest BCUT2D eigenvalue weighted by molar-refractivity contribution is -0.136. The van der Waals surface area contributed by atoms with Crippen LogP contribution in [0.4, 0.5) is 4.39 Å². The number of halogens is 1. The van der Waals surface area contributed by atoms with Crippen molar-refractivity contribution in [3.05, 3.63) is 58.8 Å². The fourth-order valence-electron chi connectivity index (χ4n) is 4.20. The third-order valence-electron chi connectivity index (χ3n) is 5.69. The number of aliphatic carboxylic acids is 1. The Bertz CT molecular complexity index is 1040. The first-order valence-corrected chi connectivity index (χ1v) is 10.1. The second kappa shape index (κ2) is 8.23. The van der Waals surface area contributed by atoms with Gasteiger partial charge in [0.05, 0.1) is 12.1 Å². The van der Waals surface area contributed by atoms with Crippen LogP contribution in [0.3, 0.4) is 0 Å². The number of carboxylic acids is 1. The van der Waals surface area contributed by atoms with E-state index in [9.17, 15) is 9.18 Å². The second-order valence-electron chi connectivity index (χ2n) is 7.83. The number of nitrogens with zero attached hydrogens (tertiary/aromatic N) is 1. The van der Waals surface area contributed by atoms with Gasteiger partial charge in [0.25, 0.3) is 0 Å². The van der Waals surface area contributed by atoms with Crippen molar-refractivity contribution in [3.8, 4) is 5.75 Å². The van der Waals surface area contributed by atoms with Gasteiger partial charge in [0.2, 0.25) is 0 Å². The molecule has 0 bridgehead atoms. The van der Waals surface area contributed by atoms with Crippen molar-refractivity contribution in [2.75, 3.05) is 0 Å². The van der Waals surface area contributed by atoms with Gasteiger partial charge in [-0.3, -0.25) is 9.78 Å². The van der Waals surface area contributed by atoms with E-state index in [4.69, 9.17) is 9.84 Å². The second-order valence-corrected chi connectivity index (χ2v) is 7.83. The third kappa shape index (κ3) is 4.26. The molecular weight excluding hydrogens is 371 g/mol. The highest BCUT2D eigenvalue weighted by Crippen LogP contribution is 2.34. The lowest BCUT2D eigenvalue weighted by Crippen LogP contribution is -2.03. The Balaban J connectivity index is 1.46. The molecular formula is C23H25FN2O3. The summed E-state index contributed by atoms with van der Waals surface area (Å²) >= 11 is 0. The number of aromatic amines is 1. The van der Waals surface area contributed by atoms with Crippen LogP contribution in [0.25, 0.3) is 10.9 Å². The van der Waals surface area contributed by atoms with Crippen LogP contribution in [-0.2, 0) is 17.8 Å². The lowest BCUT2D eigenvalue weighted by atomic mass is 9.98. The molecule has 2 N–H and O–H groups in total. The van der Waals surface area contributed by atoms with E-state index >= 15 is 0 Å². The minimum Gasteiger partial charge on any atom is -0.489 e. The number of hydrogen-bond donors (Lipinski definition) is 2. The number of H-pyrrole nitrogens is 1. The Hall–Kier alpha value is -2.89. The minimum atomic E-state index is -0.949. The maximum atomic E-state index is 14.6. The smallest absolute Gasteiger partial charge is 0.303 e.